The van der Waals surface area contributed by atoms with Gasteiger partial charge in [0.1, 0.15) is 11.5 Å². The molecule has 4 nitrogen and oxygen atoms in total. The molecule has 2 aromatic carbocycles. The van der Waals surface area contributed by atoms with Crippen LogP contribution in [0, 0.1) is 0 Å². The maximum atomic E-state index is 5.51. The molecule has 0 aliphatic heterocycles. The Kier molecular flexibility index (Phi) is 6.71. The molecule has 0 radical (unpaired) electrons. The van der Waals surface area contributed by atoms with E-state index in [4.69, 9.17) is 14.5 Å². The molecule has 1 heterocycles. The summed E-state index contributed by atoms with van der Waals surface area (Å²) in [7, 11) is 1.69. The Balaban J connectivity index is 1.97. The molecular formula is C22H26N2O2S. The first kappa shape index (κ1) is 19.2. The fourth-order valence-electron chi connectivity index (χ4n) is 2.84. The zero-order chi connectivity index (χ0) is 19.1. The highest BCUT2D eigenvalue weighted by Crippen LogP contribution is 2.24. The molecule has 3 aromatic rings. The van der Waals surface area contributed by atoms with E-state index in [0.717, 1.165) is 41.4 Å². The van der Waals surface area contributed by atoms with E-state index in [1.54, 1.807) is 18.4 Å². The van der Waals surface area contributed by atoms with Crippen LogP contribution in [0.2, 0.25) is 0 Å². The molecule has 0 saturated carbocycles. The summed E-state index contributed by atoms with van der Waals surface area (Å²) in [6, 6.07) is 16.1. The summed E-state index contributed by atoms with van der Waals surface area (Å²) >= 11 is 1.67. The second-order valence-corrected chi connectivity index (χ2v) is 7.01. The molecule has 0 aliphatic rings. The Morgan fingerprint density at radius 2 is 1.67 bits per heavy atom. The molecule has 0 aliphatic carbocycles. The lowest BCUT2D eigenvalue weighted by Gasteiger charge is -2.09. The summed E-state index contributed by atoms with van der Waals surface area (Å²) in [5, 5.41) is 2.19. The lowest BCUT2D eigenvalue weighted by atomic mass is 10.1. The maximum Gasteiger partial charge on any atom is 0.190 e. The van der Waals surface area contributed by atoms with Crippen LogP contribution >= 0.6 is 11.3 Å². The number of unbranched alkanes of at least 4 members (excludes halogenated alkanes) is 1. The zero-order valence-electron chi connectivity index (χ0n) is 16.1. The largest absolute Gasteiger partial charge is 0.497 e. The second-order valence-electron chi connectivity index (χ2n) is 6.18. The van der Waals surface area contributed by atoms with Gasteiger partial charge in [0.05, 0.1) is 25.1 Å². The average Bonchev–Trinajstić information content (AvgIpc) is 3.10. The molecule has 0 atom stereocenters. The number of thiazole rings is 1. The Morgan fingerprint density at radius 3 is 2.30 bits per heavy atom. The van der Waals surface area contributed by atoms with Crippen molar-refractivity contribution in [2.75, 3.05) is 13.7 Å². The fourth-order valence-corrected chi connectivity index (χ4v) is 3.79. The van der Waals surface area contributed by atoms with Gasteiger partial charge in [0.15, 0.2) is 4.80 Å². The van der Waals surface area contributed by atoms with Crippen LogP contribution in [-0.4, -0.2) is 18.3 Å². The van der Waals surface area contributed by atoms with E-state index >= 15 is 0 Å². The summed E-state index contributed by atoms with van der Waals surface area (Å²) in [6.45, 7) is 5.82. The maximum absolute atomic E-state index is 5.51. The van der Waals surface area contributed by atoms with Crippen LogP contribution in [0.4, 0.5) is 5.69 Å². The van der Waals surface area contributed by atoms with E-state index in [-0.39, 0.29) is 0 Å². The third-order valence-electron chi connectivity index (χ3n) is 4.29. The number of nitrogens with zero attached hydrogens (tertiary/aromatic N) is 2. The fraction of sp³-hybridized carbons (Fsp3) is 0.318. The van der Waals surface area contributed by atoms with E-state index < -0.39 is 0 Å². The molecule has 0 bridgehead atoms. The highest BCUT2D eigenvalue weighted by Gasteiger charge is 2.08. The van der Waals surface area contributed by atoms with Crippen molar-refractivity contribution in [2.24, 2.45) is 4.99 Å². The Morgan fingerprint density at radius 1 is 0.963 bits per heavy atom. The van der Waals surface area contributed by atoms with E-state index in [1.165, 1.54) is 11.3 Å². The summed E-state index contributed by atoms with van der Waals surface area (Å²) in [5.41, 5.74) is 3.31. The molecular weight excluding hydrogens is 356 g/mol. The number of hydrogen-bond donors (Lipinski definition) is 0. The van der Waals surface area contributed by atoms with Gasteiger partial charge in [-0.25, -0.2) is 4.99 Å². The molecule has 3 rings (SSSR count). The van der Waals surface area contributed by atoms with Gasteiger partial charge in [0.25, 0.3) is 0 Å². The van der Waals surface area contributed by atoms with Gasteiger partial charge >= 0.3 is 0 Å². The van der Waals surface area contributed by atoms with Crippen molar-refractivity contribution >= 4 is 17.0 Å². The minimum Gasteiger partial charge on any atom is -0.497 e. The predicted molar refractivity (Wildman–Crippen MR) is 112 cm³/mol. The minimum absolute atomic E-state index is 0.670. The van der Waals surface area contributed by atoms with E-state index in [1.807, 2.05) is 43.3 Å². The summed E-state index contributed by atoms with van der Waals surface area (Å²) in [4.78, 5) is 5.89. The lowest BCUT2D eigenvalue weighted by Crippen LogP contribution is -2.15. The van der Waals surface area contributed by atoms with Crippen molar-refractivity contribution < 1.29 is 9.47 Å². The van der Waals surface area contributed by atoms with Crippen molar-refractivity contribution in [2.45, 2.75) is 33.2 Å². The predicted octanol–water partition coefficient (Wildman–Crippen LogP) is 5.66. The average molecular weight is 383 g/mol. The normalized spacial score (nSPS) is 11.6. The minimum atomic E-state index is 0.670. The number of aromatic nitrogens is 1. The van der Waals surface area contributed by atoms with Crippen LogP contribution in [0.3, 0.4) is 0 Å². The van der Waals surface area contributed by atoms with Gasteiger partial charge in [0.2, 0.25) is 0 Å². The molecule has 0 spiro atoms. The van der Waals surface area contributed by atoms with Gasteiger partial charge in [-0.3, -0.25) is 0 Å². The highest BCUT2D eigenvalue weighted by atomic mass is 32.1. The SMILES string of the molecule is CCCCn1c(-c2ccc(OC)cc2)csc1=Nc1ccc(OCC)cc1. The number of rotatable bonds is 8. The molecule has 0 N–H and O–H groups in total. The van der Waals surface area contributed by atoms with E-state index in [0.29, 0.717) is 6.61 Å². The van der Waals surface area contributed by atoms with Gasteiger partial charge < -0.3 is 14.0 Å². The van der Waals surface area contributed by atoms with Crippen molar-refractivity contribution in [1.29, 1.82) is 0 Å². The molecule has 5 heteroatoms. The van der Waals surface area contributed by atoms with Crippen LogP contribution in [0.15, 0.2) is 58.9 Å². The van der Waals surface area contributed by atoms with Crippen molar-refractivity contribution in [3.05, 3.63) is 58.7 Å². The number of ether oxygens (including phenoxy) is 2. The van der Waals surface area contributed by atoms with E-state index in [2.05, 4.69) is 29.0 Å². The first-order chi connectivity index (χ1) is 13.2. The third-order valence-corrected chi connectivity index (χ3v) is 5.15. The van der Waals surface area contributed by atoms with Gasteiger partial charge in [-0.2, -0.15) is 0 Å². The summed E-state index contributed by atoms with van der Waals surface area (Å²) in [6.07, 6.45) is 2.27. The summed E-state index contributed by atoms with van der Waals surface area (Å²) in [5.74, 6) is 1.74. The molecule has 0 saturated heterocycles. The molecule has 0 fully saturated rings. The van der Waals surface area contributed by atoms with Crippen LogP contribution in [0.1, 0.15) is 26.7 Å². The zero-order valence-corrected chi connectivity index (χ0v) is 17.0. The monoisotopic (exact) mass is 382 g/mol. The number of hydrogen-bond acceptors (Lipinski definition) is 4. The molecule has 0 unspecified atom stereocenters. The molecule has 1 aromatic heterocycles. The quantitative estimate of drug-likeness (QED) is 0.504. The Labute approximate surface area is 164 Å². The Bertz CT molecular complexity index is 909. The molecule has 27 heavy (non-hydrogen) atoms. The topological polar surface area (TPSA) is 35.8 Å². The third kappa shape index (κ3) is 4.80. The standard InChI is InChI=1S/C22H26N2O2S/c1-4-6-15-24-21(17-7-11-19(25-3)12-8-17)16-27-22(24)23-18-9-13-20(14-10-18)26-5-2/h7-14,16H,4-6,15H2,1-3H3. The Hall–Kier alpha value is -2.53. The van der Waals surface area contributed by atoms with E-state index in [9.17, 15) is 0 Å². The van der Waals surface area contributed by atoms with Crippen LogP contribution in [0.5, 0.6) is 11.5 Å². The van der Waals surface area contributed by atoms with Gasteiger partial charge in [-0.15, -0.1) is 11.3 Å². The van der Waals surface area contributed by atoms with Crippen LogP contribution in [-0.2, 0) is 6.54 Å². The lowest BCUT2D eigenvalue weighted by molar-refractivity contribution is 0.340. The molecule has 0 amide bonds. The van der Waals surface area contributed by atoms with Crippen molar-refractivity contribution in [3.8, 4) is 22.8 Å². The second kappa shape index (κ2) is 9.42. The number of methoxy groups -OCH3 is 1. The first-order valence-corrected chi connectivity index (χ1v) is 10.2. The first-order valence-electron chi connectivity index (χ1n) is 9.35. The van der Waals surface area contributed by atoms with Crippen molar-refractivity contribution in [3.63, 3.8) is 0 Å². The van der Waals surface area contributed by atoms with Crippen LogP contribution in [0.25, 0.3) is 11.3 Å². The van der Waals surface area contributed by atoms with Gasteiger partial charge in [0, 0.05) is 11.9 Å². The van der Waals surface area contributed by atoms with Crippen LogP contribution < -0.4 is 14.3 Å². The highest BCUT2D eigenvalue weighted by molar-refractivity contribution is 7.07. The van der Waals surface area contributed by atoms with Gasteiger partial charge in [-0.1, -0.05) is 13.3 Å². The number of benzene rings is 2. The summed E-state index contributed by atoms with van der Waals surface area (Å²) < 4.78 is 13.1. The van der Waals surface area contributed by atoms with Crippen molar-refractivity contribution in [1.82, 2.24) is 4.57 Å². The van der Waals surface area contributed by atoms with Gasteiger partial charge in [-0.05, 0) is 67.4 Å². The molecule has 142 valence electrons. The smallest absolute Gasteiger partial charge is 0.190 e.